The third-order valence-electron chi connectivity index (χ3n) is 4.99. The summed E-state index contributed by atoms with van der Waals surface area (Å²) in [5.74, 6) is -0.254. The van der Waals surface area contributed by atoms with Crippen LogP contribution in [0.25, 0.3) is 0 Å². The highest BCUT2D eigenvalue weighted by molar-refractivity contribution is 7.98. The van der Waals surface area contributed by atoms with Crippen LogP contribution >= 0.6 is 11.8 Å². The maximum absolute atomic E-state index is 13.2. The Labute approximate surface area is 201 Å². The highest BCUT2D eigenvalue weighted by Gasteiger charge is 2.24. The molecule has 34 heavy (non-hydrogen) atoms. The molecule has 0 aliphatic heterocycles. The van der Waals surface area contributed by atoms with Crippen molar-refractivity contribution < 1.29 is 22.9 Å². The molecule has 0 aliphatic carbocycles. The van der Waals surface area contributed by atoms with Crippen molar-refractivity contribution in [2.75, 3.05) is 29.5 Å². The smallest absolute Gasteiger partial charge is 0.271 e. The minimum Gasteiger partial charge on any atom is -0.495 e. The number of sulfonamides is 1. The van der Waals surface area contributed by atoms with Gasteiger partial charge in [0, 0.05) is 29.1 Å². The Morgan fingerprint density at radius 2 is 1.74 bits per heavy atom. The SMILES string of the molecule is CCN(c1ccc(C(=O)Nc2cc([N+](=O)[O-])ccc2OC)cc1)S(=O)(=O)c1ccc(SC)cc1. The number of nitro benzene ring substituents is 1. The Bertz CT molecular complexity index is 1290. The van der Waals surface area contributed by atoms with Crippen molar-refractivity contribution in [2.24, 2.45) is 0 Å². The van der Waals surface area contributed by atoms with Gasteiger partial charge in [-0.05, 0) is 67.8 Å². The molecular weight excluding hydrogens is 478 g/mol. The van der Waals surface area contributed by atoms with E-state index >= 15 is 0 Å². The van der Waals surface area contributed by atoms with E-state index in [4.69, 9.17) is 4.74 Å². The topological polar surface area (TPSA) is 119 Å². The van der Waals surface area contributed by atoms with E-state index in [0.29, 0.717) is 5.69 Å². The highest BCUT2D eigenvalue weighted by Crippen LogP contribution is 2.30. The molecule has 0 aliphatic rings. The van der Waals surface area contributed by atoms with Crippen LogP contribution in [-0.4, -0.2) is 39.2 Å². The van der Waals surface area contributed by atoms with Crippen molar-refractivity contribution in [3.05, 3.63) is 82.4 Å². The lowest BCUT2D eigenvalue weighted by atomic mass is 10.1. The third kappa shape index (κ3) is 5.32. The zero-order valence-corrected chi connectivity index (χ0v) is 20.4. The lowest BCUT2D eigenvalue weighted by Gasteiger charge is -2.23. The normalized spacial score (nSPS) is 11.0. The number of nitrogens with one attached hydrogen (secondary N) is 1. The van der Waals surface area contributed by atoms with Gasteiger partial charge >= 0.3 is 0 Å². The van der Waals surface area contributed by atoms with Gasteiger partial charge in [-0.25, -0.2) is 8.42 Å². The predicted octanol–water partition coefficient (Wildman–Crippen LogP) is 4.79. The van der Waals surface area contributed by atoms with Crippen LogP contribution in [-0.2, 0) is 10.0 Å². The van der Waals surface area contributed by atoms with E-state index in [-0.39, 0.29) is 34.1 Å². The molecule has 0 bridgehead atoms. The zero-order valence-electron chi connectivity index (χ0n) is 18.7. The quantitative estimate of drug-likeness (QED) is 0.254. The molecular formula is C23H23N3O6S2. The van der Waals surface area contributed by atoms with Gasteiger partial charge in [-0.2, -0.15) is 0 Å². The number of anilines is 2. The molecule has 0 unspecified atom stereocenters. The minimum atomic E-state index is -3.79. The Hall–Kier alpha value is -3.57. The van der Waals surface area contributed by atoms with Crippen molar-refractivity contribution in [2.45, 2.75) is 16.7 Å². The third-order valence-corrected chi connectivity index (χ3v) is 7.65. The van der Waals surface area contributed by atoms with E-state index in [0.717, 1.165) is 4.90 Å². The standard InChI is InChI=1S/C23H23N3O6S2/c1-4-25(34(30,31)20-12-10-19(33-3)11-13-20)17-7-5-16(6-8-17)23(27)24-21-15-18(26(28)29)9-14-22(21)32-2/h5-15H,4H2,1-3H3,(H,24,27). The summed E-state index contributed by atoms with van der Waals surface area (Å²) in [6.45, 7) is 1.92. The van der Waals surface area contributed by atoms with Gasteiger partial charge in [0.2, 0.25) is 0 Å². The number of methoxy groups -OCH3 is 1. The largest absolute Gasteiger partial charge is 0.495 e. The van der Waals surface area contributed by atoms with Crippen LogP contribution in [0.15, 0.2) is 76.5 Å². The van der Waals surface area contributed by atoms with Gasteiger partial charge in [0.05, 0.1) is 28.3 Å². The molecule has 178 valence electrons. The molecule has 3 aromatic carbocycles. The fraction of sp³-hybridized carbons (Fsp3) is 0.174. The summed E-state index contributed by atoms with van der Waals surface area (Å²) in [5.41, 5.74) is 0.606. The number of thioether (sulfide) groups is 1. The average molecular weight is 502 g/mol. The summed E-state index contributed by atoms with van der Waals surface area (Å²) in [4.78, 5) is 24.3. The number of nitro groups is 1. The van der Waals surface area contributed by atoms with Crippen LogP contribution in [0.1, 0.15) is 17.3 Å². The van der Waals surface area contributed by atoms with Crippen molar-refractivity contribution in [3.8, 4) is 5.75 Å². The second-order valence-electron chi connectivity index (χ2n) is 6.99. The first-order valence-corrected chi connectivity index (χ1v) is 12.8. The molecule has 0 aromatic heterocycles. The first-order chi connectivity index (χ1) is 16.2. The van der Waals surface area contributed by atoms with Gasteiger partial charge in [0.1, 0.15) is 5.75 Å². The first-order valence-electron chi connectivity index (χ1n) is 10.1. The van der Waals surface area contributed by atoms with Gasteiger partial charge in [-0.3, -0.25) is 19.2 Å². The van der Waals surface area contributed by atoms with Crippen LogP contribution < -0.4 is 14.4 Å². The molecule has 0 spiro atoms. The van der Waals surface area contributed by atoms with E-state index in [9.17, 15) is 23.3 Å². The number of carbonyl (C=O) groups excluding carboxylic acids is 1. The van der Waals surface area contributed by atoms with Gasteiger partial charge in [-0.1, -0.05) is 0 Å². The Balaban J connectivity index is 1.84. The van der Waals surface area contributed by atoms with Crippen LogP contribution in [0, 0.1) is 10.1 Å². The Morgan fingerprint density at radius 3 is 2.26 bits per heavy atom. The number of hydrogen-bond donors (Lipinski definition) is 1. The predicted molar refractivity (Wildman–Crippen MR) is 132 cm³/mol. The minimum absolute atomic E-state index is 0.150. The number of rotatable bonds is 9. The Kier molecular flexibility index (Phi) is 7.79. The molecule has 3 aromatic rings. The number of nitrogens with zero attached hydrogens (tertiary/aromatic N) is 2. The molecule has 0 heterocycles. The van der Waals surface area contributed by atoms with E-state index in [2.05, 4.69) is 5.32 Å². The monoisotopic (exact) mass is 501 g/mol. The zero-order chi connectivity index (χ0) is 24.9. The maximum Gasteiger partial charge on any atom is 0.271 e. The summed E-state index contributed by atoms with van der Waals surface area (Å²) in [5, 5.41) is 13.7. The van der Waals surface area contributed by atoms with E-state index < -0.39 is 20.9 Å². The lowest BCUT2D eigenvalue weighted by Crippen LogP contribution is -2.30. The van der Waals surface area contributed by atoms with Crippen molar-refractivity contribution in [1.29, 1.82) is 0 Å². The second-order valence-corrected chi connectivity index (χ2v) is 9.73. The summed E-state index contributed by atoms with van der Waals surface area (Å²) >= 11 is 1.52. The average Bonchev–Trinajstić information content (AvgIpc) is 2.84. The lowest BCUT2D eigenvalue weighted by molar-refractivity contribution is -0.384. The van der Waals surface area contributed by atoms with E-state index in [1.165, 1.54) is 65.6 Å². The molecule has 0 saturated heterocycles. The number of non-ortho nitro benzene ring substituents is 1. The van der Waals surface area contributed by atoms with E-state index in [1.54, 1.807) is 31.2 Å². The molecule has 1 N–H and O–H groups in total. The second kappa shape index (κ2) is 10.6. The van der Waals surface area contributed by atoms with Crippen LogP contribution in [0.2, 0.25) is 0 Å². The summed E-state index contributed by atoms with van der Waals surface area (Å²) in [6, 6.07) is 16.6. The van der Waals surface area contributed by atoms with Gasteiger partial charge < -0.3 is 10.1 Å². The number of ether oxygens (including phenoxy) is 1. The fourth-order valence-corrected chi connectivity index (χ4v) is 5.13. The molecule has 0 saturated carbocycles. The number of amides is 1. The number of hydrogen-bond acceptors (Lipinski definition) is 7. The van der Waals surface area contributed by atoms with Crippen molar-refractivity contribution in [3.63, 3.8) is 0 Å². The van der Waals surface area contributed by atoms with Gasteiger partial charge in [0.25, 0.3) is 21.6 Å². The fourth-order valence-electron chi connectivity index (χ4n) is 3.25. The van der Waals surface area contributed by atoms with Gasteiger partial charge in [-0.15, -0.1) is 11.8 Å². The molecule has 9 nitrogen and oxygen atoms in total. The van der Waals surface area contributed by atoms with E-state index in [1.807, 2.05) is 6.26 Å². The molecule has 0 fully saturated rings. The molecule has 1 amide bonds. The summed E-state index contributed by atoms with van der Waals surface area (Å²) in [6.07, 6.45) is 1.91. The number of carbonyl (C=O) groups is 1. The number of benzene rings is 3. The highest BCUT2D eigenvalue weighted by atomic mass is 32.2. The maximum atomic E-state index is 13.2. The molecule has 11 heteroatoms. The summed E-state index contributed by atoms with van der Waals surface area (Å²) < 4.78 is 32.7. The molecule has 0 radical (unpaired) electrons. The summed E-state index contributed by atoms with van der Waals surface area (Å²) in [7, 11) is -2.40. The van der Waals surface area contributed by atoms with Crippen molar-refractivity contribution in [1.82, 2.24) is 0 Å². The first kappa shape index (κ1) is 25.1. The molecule has 3 rings (SSSR count). The molecule has 0 atom stereocenters. The Morgan fingerprint density at radius 1 is 1.09 bits per heavy atom. The van der Waals surface area contributed by atoms with Crippen LogP contribution in [0.5, 0.6) is 5.75 Å². The van der Waals surface area contributed by atoms with Crippen molar-refractivity contribution >= 4 is 44.8 Å². The van der Waals surface area contributed by atoms with Crippen LogP contribution in [0.4, 0.5) is 17.1 Å². The van der Waals surface area contributed by atoms with Crippen LogP contribution in [0.3, 0.4) is 0 Å². The van der Waals surface area contributed by atoms with Gasteiger partial charge in [0.15, 0.2) is 0 Å².